The molecule has 3 rings (SSSR count). The Morgan fingerprint density at radius 1 is 1.21 bits per heavy atom. The van der Waals surface area contributed by atoms with E-state index in [1.807, 2.05) is 54.3 Å². The van der Waals surface area contributed by atoms with Gasteiger partial charge in [-0.3, -0.25) is 9.59 Å². The highest BCUT2D eigenvalue weighted by Crippen LogP contribution is 2.22. The fourth-order valence-corrected chi connectivity index (χ4v) is 3.53. The lowest BCUT2D eigenvalue weighted by atomic mass is 10.1. The molecule has 2 aromatic rings. The number of nitrogens with zero attached hydrogens (tertiary/aromatic N) is 1. The van der Waals surface area contributed by atoms with E-state index in [-0.39, 0.29) is 11.8 Å². The molecular formula is C22H26ClN3O2. The summed E-state index contributed by atoms with van der Waals surface area (Å²) in [6, 6.07) is 14.7. The van der Waals surface area contributed by atoms with Gasteiger partial charge >= 0.3 is 0 Å². The van der Waals surface area contributed by atoms with Crippen LogP contribution in [-0.2, 0) is 9.59 Å². The van der Waals surface area contributed by atoms with E-state index in [1.165, 1.54) is 0 Å². The van der Waals surface area contributed by atoms with E-state index in [9.17, 15) is 9.59 Å². The number of nitrogens with one attached hydrogen (secondary N) is 2. The van der Waals surface area contributed by atoms with Crippen molar-refractivity contribution >= 4 is 29.1 Å². The molecule has 1 aliphatic heterocycles. The van der Waals surface area contributed by atoms with E-state index < -0.39 is 6.04 Å². The summed E-state index contributed by atoms with van der Waals surface area (Å²) in [5.74, 6) is 0.0944. The molecule has 0 bridgehead atoms. The fourth-order valence-electron chi connectivity index (χ4n) is 3.35. The molecule has 1 saturated heterocycles. The highest BCUT2D eigenvalue weighted by molar-refractivity contribution is 6.31. The summed E-state index contributed by atoms with van der Waals surface area (Å²) in [5, 5.41) is 6.91. The molecule has 0 radical (unpaired) electrons. The van der Waals surface area contributed by atoms with Gasteiger partial charge in [-0.1, -0.05) is 48.0 Å². The van der Waals surface area contributed by atoms with Crippen LogP contribution in [0.4, 0.5) is 5.69 Å². The largest absolute Gasteiger partial charge is 0.343 e. The lowest BCUT2D eigenvalue weighted by Crippen LogP contribution is -2.35. The first kappa shape index (κ1) is 20.4. The third-order valence-corrected chi connectivity index (χ3v) is 5.37. The fraction of sp³-hybridized carbons (Fsp3) is 0.364. The number of anilines is 1. The maximum atomic E-state index is 12.9. The van der Waals surface area contributed by atoms with Gasteiger partial charge in [0.25, 0.3) is 0 Å². The molecule has 0 unspecified atom stereocenters. The third kappa shape index (κ3) is 5.33. The van der Waals surface area contributed by atoms with Crippen molar-refractivity contribution in [2.45, 2.75) is 32.2 Å². The van der Waals surface area contributed by atoms with E-state index >= 15 is 0 Å². The van der Waals surface area contributed by atoms with Gasteiger partial charge in [0.05, 0.1) is 0 Å². The molecule has 1 fully saturated rings. The van der Waals surface area contributed by atoms with Crippen molar-refractivity contribution < 1.29 is 9.59 Å². The number of carbonyl (C=O) groups excluding carboxylic acids is 2. The summed E-state index contributed by atoms with van der Waals surface area (Å²) in [7, 11) is 0. The average Bonchev–Trinajstić information content (AvgIpc) is 3.10. The highest BCUT2D eigenvalue weighted by Gasteiger charge is 2.22. The summed E-state index contributed by atoms with van der Waals surface area (Å²) in [4.78, 5) is 26.5. The van der Waals surface area contributed by atoms with Crippen molar-refractivity contribution in [2.75, 3.05) is 25.0 Å². The molecule has 2 N–H and O–H groups in total. The maximum Gasteiger partial charge on any atom is 0.246 e. The van der Waals surface area contributed by atoms with Crippen molar-refractivity contribution in [3.05, 3.63) is 64.7 Å². The maximum absolute atomic E-state index is 12.9. The zero-order chi connectivity index (χ0) is 19.9. The molecule has 0 aromatic heterocycles. The van der Waals surface area contributed by atoms with Crippen LogP contribution in [0.1, 0.15) is 36.4 Å². The second kappa shape index (κ2) is 9.71. The number of hydrogen-bond acceptors (Lipinski definition) is 3. The summed E-state index contributed by atoms with van der Waals surface area (Å²) in [6.07, 6.45) is 2.40. The van der Waals surface area contributed by atoms with Gasteiger partial charge in [0.1, 0.15) is 6.04 Å². The van der Waals surface area contributed by atoms with E-state index in [0.717, 1.165) is 37.1 Å². The van der Waals surface area contributed by atoms with Crippen LogP contribution in [0.3, 0.4) is 0 Å². The molecular weight excluding hydrogens is 374 g/mol. The quantitative estimate of drug-likeness (QED) is 0.661. The Bertz CT molecular complexity index is 826. The monoisotopic (exact) mass is 399 g/mol. The average molecular weight is 400 g/mol. The predicted molar refractivity (Wildman–Crippen MR) is 112 cm³/mol. The minimum atomic E-state index is -0.476. The predicted octanol–water partition coefficient (Wildman–Crippen LogP) is 3.93. The first-order valence-electron chi connectivity index (χ1n) is 9.68. The lowest BCUT2D eigenvalue weighted by molar-refractivity contribution is -0.127. The Balaban J connectivity index is 1.62. The summed E-state index contributed by atoms with van der Waals surface area (Å²) in [6.45, 7) is 4.14. The number of carbonyl (C=O) groups is 2. The minimum absolute atomic E-state index is 0.136. The van der Waals surface area contributed by atoms with Gasteiger partial charge in [-0.15, -0.1) is 0 Å². The number of benzene rings is 2. The van der Waals surface area contributed by atoms with Crippen LogP contribution in [0.2, 0.25) is 5.02 Å². The van der Waals surface area contributed by atoms with Crippen molar-refractivity contribution in [3.63, 3.8) is 0 Å². The highest BCUT2D eigenvalue weighted by atomic mass is 35.5. The topological polar surface area (TPSA) is 61.4 Å². The summed E-state index contributed by atoms with van der Waals surface area (Å²) >= 11 is 6.17. The van der Waals surface area contributed by atoms with Crippen molar-refractivity contribution in [2.24, 2.45) is 0 Å². The third-order valence-electron chi connectivity index (χ3n) is 4.96. The van der Waals surface area contributed by atoms with E-state index in [0.29, 0.717) is 23.7 Å². The van der Waals surface area contributed by atoms with Gasteiger partial charge in [-0.2, -0.15) is 0 Å². The van der Waals surface area contributed by atoms with Crippen LogP contribution in [-0.4, -0.2) is 36.3 Å². The van der Waals surface area contributed by atoms with Crippen molar-refractivity contribution in [3.8, 4) is 0 Å². The van der Waals surface area contributed by atoms with Crippen molar-refractivity contribution in [1.82, 2.24) is 10.2 Å². The summed E-state index contributed by atoms with van der Waals surface area (Å²) < 4.78 is 0. The van der Waals surface area contributed by atoms with E-state index in [4.69, 9.17) is 11.6 Å². The van der Waals surface area contributed by atoms with Crippen LogP contribution >= 0.6 is 11.6 Å². The number of aryl methyl sites for hydroxylation is 1. The molecule has 0 saturated carbocycles. The molecule has 2 aromatic carbocycles. The Hall–Kier alpha value is -2.37. The molecule has 1 heterocycles. The molecule has 28 heavy (non-hydrogen) atoms. The second-order valence-electron chi connectivity index (χ2n) is 7.09. The molecule has 1 aliphatic rings. The van der Waals surface area contributed by atoms with Crippen LogP contribution in [0.25, 0.3) is 0 Å². The SMILES string of the molecule is Cc1ccc(NC(=O)[C@H](NCCCN2CCCC2=O)c2ccccc2)cc1Cl. The first-order chi connectivity index (χ1) is 13.5. The van der Waals surface area contributed by atoms with Gasteiger partial charge in [0.15, 0.2) is 0 Å². The van der Waals surface area contributed by atoms with Crippen LogP contribution in [0, 0.1) is 6.92 Å². The zero-order valence-electron chi connectivity index (χ0n) is 16.1. The normalized spacial score (nSPS) is 14.9. The molecule has 148 valence electrons. The van der Waals surface area contributed by atoms with Gasteiger partial charge < -0.3 is 15.5 Å². The van der Waals surface area contributed by atoms with Gasteiger partial charge in [-0.25, -0.2) is 0 Å². The van der Waals surface area contributed by atoms with E-state index in [2.05, 4.69) is 10.6 Å². The van der Waals surface area contributed by atoms with Crippen molar-refractivity contribution in [1.29, 1.82) is 0 Å². The Morgan fingerprint density at radius 2 is 2.00 bits per heavy atom. The van der Waals surface area contributed by atoms with Crippen LogP contribution in [0.5, 0.6) is 0 Å². The second-order valence-corrected chi connectivity index (χ2v) is 7.50. The Morgan fingerprint density at radius 3 is 2.68 bits per heavy atom. The lowest BCUT2D eigenvalue weighted by Gasteiger charge is -2.20. The molecule has 0 spiro atoms. The standard InChI is InChI=1S/C22H26ClN3O2/c1-16-10-11-18(15-19(16)23)25-22(28)21(17-7-3-2-4-8-17)24-12-6-14-26-13-5-9-20(26)27/h2-4,7-8,10-11,15,21,24H,5-6,9,12-14H2,1H3,(H,25,28)/t21-/m1/s1. The van der Waals surface area contributed by atoms with E-state index in [1.54, 1.807) is 6.07 Å². The number of amides is 2. The number of rotatable bonds is 8. The van der Waals surface area contributed by atoms with Crippen LogP contribution in [0.15, 0.2) is 48.5 Å². The molecule has 5 nitrogen and oxygen atoms in total. The zero-order valence-corrected chi connectivity index (χ0v) is 16.8. The molecule has 1 atom stereocenters. The number of hydrogen-bond donors (Lipinski definition) is 2. The van der Waals surface area contributed by atoms with Gasteiger partial charge in [0, 0.05) is 30.2 Å². The molecule has 6 heteroatoms. The first-order valence-corrected chi connectivity index (χ1v) is 10.1. The Labute approximate surface area is 171 Å². The number of likely N-dealkylation sites (tertiary alicyclic amines) is 1. The number of halogens is 1. The van der Waals surface area contributed by atoms with Gasteiger partial charge in [-0.05, 0) is 49.6 Å². The minimum Gasteiger partial charge on any atom is -0.343 e. The Kier molecular flexibility index (Phi) is 7.06. The van der Waals surface area contributed by atoms with Gasteiger partial charge in [0.2, 0.25) is 11.8 Å². The molecule has 2 amide bonds. The smallest absolute Gasteiger partial charge is 0.246 e. The van der Waals surface area contributed by atoms with Crippen LogP contribution < -0.4 is 10.6 Å². The molecule has 0 aliphatic carbocycles. The summed E-state index contributed by atoms with van der Waals surface area (Å²) in [5.41, 5.74) is 2.54.